The van der Waals surface area contributed by atoms with Crippen molar-refractivity contribution in [3.8, 4) is 0 Å². The molecule has 17 heavy (non-hydrogen) atoms. The van der Waals surface area contributed by atoms with Crippen molar-refractivity contribution in [1.29, 1.82) is 0 Å². The maximum atomic E-state index is 11.8. The number of fused-ring (bicyclic) bond motifs is 2. The van der Waals surface area contributed by atoms with E-state index in [1.54, 1.807) is 0 Å². The van der Waals surface area contributed by atoms with E-state index in [9.17, 15) is 4.79 Å². The van der Waals surface area contributed by atoms with Gasteiger partial charge in [-0.1, -0.05) is 34.1 Å². The molecule has 0 aromatic rings. The van der Waals surface area contributed by atoms with E-state index in [0.717, 1.165) is 25.2 Å². The summed E-state index contributed by atoms with van der Waals surface area (Å²) in [5.41, 5.74) is 0.544. The van der Waals surface area contributed by atoms with E-state index in [4.69, 9.17) is 4.74 Å². The molecule has 0 unspecified atom stereocenters. The van der Waals surface area contributed by atoms with Gasteiger partial charge in [0.15, 0.2) is 0 Å². The van der Waals surface area contributed by atoms with Gasteiger partial charge in [-0.05, 0) is 37.0 Å². The summed E-state index contributed by atoms with van der Waals surface area (Å²) in [6.07, 6.45) is 6.39. The Bertz CT molecular complexity index is 308. The zero-order chi connectivity index (χ0) is 12.7. The van der Waals surface area contributed by atoms with E-state index in [1.165, 1.54) is 12.8 Å². The Kier molecular flexibility index (Phi) is 3.26. The van der Waals surface area contributed by atoms with E-state index in [1.807, 2.05) is 0 Å². The van der Waals surface area contributed by atoms with Crippen LogP contribution in [-0.4, -0.2) is 12.1 Å². The number of hydrogen-bond acceptors (Lipinski definition) is 2. The molecule has 0 N–H and O–H groups in total. The molecule has 0 aliphatic heterocycles. The highest BCUT2D eigenvalue weighted by Crippen LogP contribution is 2.66. The Hall–Kier alpha value is -0.530. The van der Waals surface area contributed by atoms with Crippen LogP contribution in [0.15, 0.2) is 0 Å². The third kappa shape index (κ3) is 1.90. The minimum Gasteiger partial charge on any atom is -0.462 e. The average molecular weight is 238 g/mol. The Morgan fingerprint density at radius 2 is 2.06 bits per heavy atom. The molecular formula is C15H26O2. The van der Waals surface area contributed by atoms with Gasteiger partial charge >= 0.3 is 5.97 Å². The summed E-state index contributed by atoms with van der Waals surface area (Å²) in [7, 11) is 0. The monoisotopic (exact) mass is 238 g/mol. The molecule has 2 rings (SSSR count). The van der Waals surface area contributed by atoms with E-state index in [2.05, 4.69) is 27.7 Å². The second-order valence-corrected chi connectivity index (χ2v) is 6.69. The van der Waals surface area contributed by atoms with Gasteiger partial charge in [0.05, 0.1) is 0 Å². The first-order valence-electron chi connectivity index (χ1n) is 7.11. The SMILES string of the molecule is CCCCC(=O)O[C@@H]1C[C@H]2CC[C@@]1(C)C2(C)C. The van der Waals surface area contributed by atoms with Gasteiger partial charge in [-0.2, -0.15) is 0 Å². The lowest BCUT2D eigenvalue weighted by atomic mass is 9.70. The molecule has 3 atom stereocenters. The quantitative estimate of drug-likeness (QED) is 0.694. The molecule has 0 heterocycles. The van der Waals surface area contributed by atoms with Gasteiger partial charge in [0, 0.05) is 11.8 Å². The fraction of sp³-hybridized carbons (Fsp3) is 0.933. The summed E-state index contributed by atoms with van der Waals surface area (Å²) in [6.45, 7) is 9.13. The molecular weight excluding hydrogens is 212 g/mol. The van der Waals surface area contributed by atoms with Crippen LogP contribution < -0.4 is 0 Å². The summed E-state index contributed by atoms with van der Waals surface area (Å²) >= 11 is 0. The van der Waals surface area contributed by atoms with Crippen molar-refractivity contribution in [3.63, 3.8) is 0 Å². The fourth-order valence-corrected chi connectivity index (χ4v) is 3.85. The highest BCUT2D eigenvalue weighted by Gasteiger charge is 2.62. The fourth-order valence-electron chi connectivity index (χ4n) is 3.85. The maximum absolute atomic E-state index is 11.8. The summed E-state index contributed by atoms with van der Waals surface area (Å²) in [5.74, 6) is 0.762. The van der Waals surface area contributed by atoms with Crippen molar-refractivity contribution in [2.45, 2.75) is 72.3 Å². The second-order valence-electron chi connectivity index (χ2n) is 6.69. The topological polar surface area (TPSA) is 26.3 Å². The molecule has 2 aliphatic rings. The lowest BCUT2D eigenvalue weighted by Crippen LogP contribution is -2.38. The average Bonchev–Trinajstić information content (AvgIpc) is 2.59. The van der Waals surface area contributed by atoms with E-state index < -0.39 is 0 Å². The normalized spacial score (nSPS) is 38.4. The molecule has 2 heteroatoms. The summed E-state index contributed by atoms with van der Waals surface area (Å²) in [5, 5.41) is 0. The zero-order valence-electron chi connectivity index (χ0n) is 11.7. The van der Waals surface area contributed by atoms with Crippen molar-refractivity contribution >= 4 is 5.97 Å². The molecule has 0 aromatic carbocycles. The third-order valence-electron chi connectivity index (χ3n) is 5.72. The number of rotatable bonds is 4. The smallest absolute Gasteiger partial charge is 0.306 e. The van der Waals surface area contributed by atoms with E-state index in [0.29, 0.717) is 11.8 Å². The number of hydrogen-bond donors (Lipinski definition) is 0. The molecule has 2 nitrogen and oxygen atoms in total. The molecule has 98 valence electrons. The lowest BCUT2D eigenvalue weighted by molar-refractivity contribution is -0.157. The van der Waals surface area contributed by atoms with Gasteiger partial charge in [0.25, 0.3) is 0 Å². The van der Waals surface area contributed by atoms with E-state index in [-0.39, 0.29) is 17.5 Å². The maximum Gasteiger partial charge on any atom is 0.306 e. The Morgan fingerprint density at radius 1 is 1.35 bits per heavy atom. The van der Waals surface area contributed by atoms with Crippen LogP contribution in [0.2, 0.25) is 0 Å². The van der Waals surface area contributed by atoms with Crippen LogP contribution >= 0.6 is 0 Å². The highest BCUT2D eigenvalue weighted by molar-refractivity contribution is 5.69. The first-order chi connectivity index (χ1) is 7.91. The van der Waals surface area contributed by atoms with Crippen LogP contribution in [0.1, 0.15) is 66.2 Å². The van der Waals surface area contributed by atoms with Crippen LogP contribution in [0.25, 0.3) is 0 Å². The van der Waals surface area contributed by atoms with E-state index >= 15 is 0 Å². The number of unbranched alkanes of at least 4 members (excludes halogenated alkanes) is 1. The molecule has 0 radical (unpaired) electrons. The molecule has 0 spiro atoms. The first-order valence-corrected chi connectivity index (χ1v) is 7.11. The molecule has 2 saturated carbocycles. The van der Waals surface area contributed by atoms with Crippen LogP contribution in [0, 0.1) is 16.7 Å². The standard InChI is InChI=1S/C15H26O2/c1-5-6-7-13(16)17-12-10-11-8-9-15(12,4)14(11,2)3/h11-12H,5-10H2,1-4H3/t11-,12-,15-/m1/s1. The van der Waals surface area contributed by atoms with Crippen molar-refractivity contribution < 1.29 is 9.53 Å². The van der Waals surface area contributed by atoms with Gasteiger partial charge in [0.1, 0.15) is 6.10 Å². The number of carbonyl (C=O) groups is 1. The highest BCUT2D eigenvalue weighted by atomic mass is 16.5. The largest absolute Gasteiger partial charge is 0.462 e. The van der Waals surface area contributed by atoms with Crippen LogP contribution in [0.5, 0.6) is 0 Å². The van der Waals surface area contributed by atoms with Crippen LogP contribution in [0.3, 0.4) is 0 Å². The van der Waals surface area contributed by atoms with Crippen LogP contribution in [-0.2, 0) is 9.53 Å². The Balaban J connectivity index is 1.98. The predicted octanol–water partition coefficient (Wildman–Crippen LogP) is 3.93. The molecule has 2 aliphatic carbocycles. The zero-order valence-corrected chi connectivity index (χ0v) is 11.7. The van der Waals surface area contributed by atoms with Crippen molar-refractivity contribution in [2.75, 3.05) is 0 Å². The van der Waals surface area contributed by atoms with Crippen molar-refractivity contribution in [3.05, 3.63) is 0 Å². The van der Waals surface area contributed by atoms with Gasteiger partial charge in [-0.3, -0.25) is 4.79 Å². The molecule has 2 bridgehead atoms. The second kappa shape index (κ2) is 4.29. The molecule has 0 saturated heterocycles. The lowest BCUT2D eigenvalue weighted by Gasteiger charge is -2.38. The number of carbonyl (C=O) groups excluding carboxylic acids is 1. The van der Waals surface area contributed by atoms with Gasteiger partial charge in [-0.25, -0.2) is 0 Å². The van der Waals surface area contributed by atoms with Crippen LogP contribution in [0.4, 0.5) is 0 Å². The summed E-state index contributed by atoms with van der Waals surface area (Å²) in [4.78, 5) is 11.8. The molecule has 0 amide bonds. The van der Waals surface area contributed by atoms with Gasteiger partial charge in [0.2, 0.25) is 0 Å². The molecule has 0 aromatic heterocycles. The van der Waals surface area contributed by atoms with Gasteiger partial charge < -0.3 is 4.74 Å². The minimum absolute atomic E-state index is 0.0152. The minimum atomic E-state index is 0.0152. The Labute approximate surface area is 105 Å². The third-order valence-corrected chi connectivity index (χ3v) is 5.72. The predicted molar refractivity (Wildman–Crippen MR) is 68.6 cm³/mol. The van der Waals surface area contributed by atoms with Gasteiger partial charge in [-0.15, -0.1) is 0 Å². The summed E-state index contributed by atoms with van der Waals surface area (Å²) < 4.78 is 5.75. The van der Waals surface area contributed by atoms with Crippen molar-refractivity contribution in [2.24, 2.45) is 16.7 Å². The number of esters is 1. The summed E-state index contributed by atoms with van der Waals surface area (Å²) in [6, 6.07) is 0. The first kappa shape index (κ1) is 12.9. The van der Waals surface area contributed by atoms with Crippen molar-refractivity contribution in [1.82, 2.24) is 0 Å². The molecule has 2 fully saturated rings. The Morgan fingerprint density at radius 3 is 2.53 bits per heavy atom. The number of ether oxygens (including phenoxy) is 1.